The third-order valence-electron chi connectivity index (χ3n) is 2.18. The molecule has 0 amide bonds. The van der Waals surface area contributed by atoms with Crippen LogP contribution < -0.4 is 0 Å². The van der Waals surface area contributed by atoms with E-state index in [4.69, 9.17) is 23.2 Å². The molecule has 0 saturated carbocycles. The number of nitrogens with zero attached hydrogens (tertiary/aromatic N) is 1. The van der Waals surface area contributed by atoms with Gasteiger partial charge in [-0.25, -0.2) is 4.99 Å². The van der Waals surface area contributed by atoms with Crippen LogP contribution in [0.15, 0.2) is 41.5 Å². The summed E-state index contributed by atoms with van der Waals surface area (Å²) in [6, 6.07) is 5.13. The van der Waals surface area contributed by atoms with Gasteiger partial charge in [0.25, 0.3) is 0 Å². The largest absolute Gasteiger partial charge is 0.279 e. The molecule has 6 heteroatoms. The van der Waals surface area contributed by atoms with E-state index in [1.807, 2.05) is 0 Å². The van der Waals surface area contributed by atoms with Crippen LogP contribution in [0.25, 0.3) is 6.08 Å². The molecule has 1 aliphatic rings. The fraction of sp³-hybridized carbons (Fsp3) is 0.0769. The average molecular weight is 330 g/mol. The van der Waals surface area contributed by atoms with E-state index >= 15 is 0 Å². The van der Waals surface area contributed by atoms with Gasteiger partial charge in [-0.1, -0.05) is 47.1 Å². The maximum atomic E-state index is 11.8. The molecule has 0 atom stereocenters. The van der Waals surface area contributed by atoms with Crippen LogP contribution in [0, 0.1) is 0 Å². The van der Waals surface area contributed by atoms with Crippen molar-refractivity contribution in [3.8, 4) is 0 Å². The number of hydrogen-bond donors (Lipinski definition) is 0. The van der Waals surface area contributed by atoms with Crippen molar-refractivity contribution in [3.63, 3.8) is 0 Å². The Kier molecular flexibility index (Phi) is 5.16. The first-order valence-corrected chi connectivity index (χ1v) is 7.87. The van der Waals surface area contributed by atoms with Gasteiger partial charge in [0.2, 0.25) is 5.12 Å². The van der Waals surface area contributed by atoms with E-state index in [0.29, 0.717) is 15.7 Å². The number of carbonyl (C=O) groups is 1. The Hall–Kier alpha value is -0.680. The molecule has 0 bridgehead atoms. The highest BCUT2D eigenvalue weighted by Gasteiger charge is 2.22. The summed E-state index contributed by atoms with van der Waals surface area (Å²) in [7, 11) is 0. The Balaban J connectivity index is 2.25. The Labute approximate surface area is 130 Å². The highest BCUT2D eigenvalue weighted by atomic mass is 35.5. The van der Waals surface area contributed by atoms with Gasteiger partial charge >= 0.3 is 0 Å². The predicted octanol–water partition coefficient (Wildman–Crippen LogP) is 4.88. The SMILES string of the molecule is C=CCSC1=N/C(=C\c2ccc(Cl)cc2Cl)C(=O)S1. The molecule has 1 heterocycles. The van der Waals surface area contributed by atoms with Crippen LogP contribution in [-0.4, -0.2) is 15.2 Å². The van der Waals surface area contributed by atoms with Crippen LogP contribution in [-0.2, 0) is 4.79 Å². The van der Waals surface area contributed by atoms with Gasteiger partial charge in [-0.05, 0) is 35.5 Å². The summed E-state index contributed by atoms with van der Waals surface area (Å²) in [5.41, 5.74) is 1.13. The summed E-state index contributed by atoms with van der Waals surface area (Å²) in [6.07, 6.45) is 3.45. The second kappa shape index (κ2) is 6.66. The standard InChI is InChI=1S/C13H9Cl2NOS2/c1-2-5-18-13-16-11(12(17)19-13)6-8-3-4-9(14)7-10(8)15/h2-4,6-7H,1,5H2/b11-6-. The Morgan fingerprint density at radius 3 is 2.89 bits per heavy atom. The summed E-state index contributed by atoms with van der Waals surface area (Å²) < 4.78 is 0.737. The second-order valence-corrected chi connectivity index (χ2v) is 6.63. The Bertz CT molecular complexity index is 596. The Morgan fingerprint density at radius 1 is 1.42 bits per heavy atom. The topological polar surface area (TPSA) is 29.4 Å². The minimum Gasteiger partial charge on any atom is -0.279 e. The third kappa shape index (κ3) is 3.89. The summed E-state index contributed by atoms with van der Waals surface area (Å²) in [6.45, 7) is 3.63. The molecule has 0 spiro atoms. The number of hydrogen-bond acceptors (Lipinski definition) is 4. The van der Waals surface area contributed by atoms with Gasteiger partial charge in [-0.2, -0.15) is 0 Å². The fourth-order valence-electron chi connectivity index (χ4n) is 1.35. The lowest BCUT2D eigenvalue weighted by molar-refractivity contribution is -0.107. The first-order valence-electron chi connectivity index (χ1n) is 5.31. The van der Waals surface area contributed by atoms with Crippen molar-refractivity contribution < 1.29 is 4.79 Å². The number of benzene rings is 1. The summed E-state index contributed by atoms with van der Waals surface area (Å²) in [4.78, 5) is 16.1. The van der Waals surface area contributed by atoms with Crippen molar-refractivity contribution in [2.75, 3.05) is 5.75 Å². The van der Waals surface area contributed by atoms with Crippen molar-refractivity contribution >= 4 is 62.3 Å². The predicted molar refractivity (Wildman–Crippen MR) is 87.1 cm³/mol. The molecule has 1 aromatic carbocycles. The van der Waals surface area contributed by atoms with E-state index in [-0.39, 0.29) is 5.12 Å². The van der Waals surface area contributed by atoms with Crippen LogP contribution in [0.5, 0.6) is 0 Å². The number of thioether (sulfide) groups is 2. The molecular weight excluding hydrogens is 321 g/mol. The molecular formula is C13H9Cl2NOS2. The van der Waals surface area contributed by atoms with Crippen molar-refractivity contribution in [2.24, 2.45) is 4.99 Å². The molecule has 0 aliphatic carbocycles. The smallest absolute Gasteiger partial charge is 0.244 e. The molecule has 2 nitrogen and oxygen atoms in total. The molecule has 0 unspecified atom stereocenters. The Morgan fingerprint density at radius 2 is 2.21 bits per heavy atom. The van der Waals surface area contributed by atoms with Crippen molar-refractivity contribution in [3.05, 3.63) is 52.2 Å². The number of carbonyl (C=O) groups excluding carboxylic acids is 1. The lowest BCUT2D eigenvalue weighted by atomic mass is 10.2. The van der Waals surface area contributed by atoms with E-state index in [2.05, 4.69) is 11.6 Å². The zero-order valence-corrected chi connectivity index (χ0v) is 12.9. The molecule has 98 valence electrons. The van der Waals surface area contributed by atoms with E-state index in [1.54, 1.807) is 30.4 Å². The summed E-state index contributed by atoms with van der Waals surface area (Å²) in [5, 5.41) is 0.989. The second-order valence-electron chi connectivity index (χ2n) is 3.56. The monoisotopic (exact) mass is 329 g/mol. The minimum atomic E-state index is -0.0717. The average Bonchev–Trinajstić information content (AvgIpc) is 2.71. The zero-order chi connectivity index (χ0) is 13.8. The molecule has 0 aromatic heterocycles. The van der Waals surface area contributed by atoms with E-state index in [1.165, 1.54) is 11.8 Å². The normalized spacial score (nSPS) is 16.8. The molecule has 0 N–H and O–H groups in total. The van der Waals surface area contributed by atoms with Gasteiger partial charge in [0.05, 0.1) is 0 Å². The molecule has 0 saturated heterocycles. The number of rotatable bonds is 3. The molecule has 0 fully saturated rings. The maximum absolute atomic E-state index is 11.8. The van der Waals surface area contributed by atoms with E-state index < -0.39 is 0 Å². The lowest BCUT2D eigenvalue weighted by Gasteiger charge is -1.99. The maximum Gasteiger partial charge on any atom is 0.244 e. The van der Waals surface area contributed by atoms with Gasteiger partial charge < -0.3 is 0 Å². The highest BCUT2D eigenvalue weighted by molar-refractivity contribution is 8.45. The minimum absolute atomic E-state index is 0.0717. The number of halogens is 2. The molecule has 1 aromatic rings. The fourth-order valence-corrected chi connectivity index (χ4v) is 3.41. The third-order valence-corrected chi connectivity index (χ3v) is 4.75. The van der Waals surface area contributed by atoms with Crippen molar-refractivity contribution in [2.45, 2.75) is 0 Å². The zero-order valence-electron chi connectivity index (χ0n) is 9.73. The van der Waals surface area contributed by atoms with Gasteiger partial charge in [0.1, 0.15) is 10.1 Å². The molecule has 2 rings (SSSR count). The highest BCUT2D eigenvalue weighted by Crippen LogP contribution is 2.32. The van der Waals surface area contributed by atoms with Crippen LogP contribution in [0.3, 0.4) is 0 Å². The molecule has 0 radical (unpaired) electrons. The first kappa shape index (κ1) is 14.7. The van der Waals surface area contributed by atoms with Gasteiger partial charge in [0.15, 0.2) is 0 Å². The quantitative estimate of drug-likeness (QED) is 0.584. The van der Waals surface area contributed by atoms with Crippen LogP contribution >= 0.6 is 46.7 Å². The first-order chi connectivity index (χ1) is 9.10. The van der Waals surface area contributed by atoms with Gasteiger partial charge in [0, 0.05) is 15.8 Å². The molecule has 1 aliphatic heterocycles. The van der Waals surface area contributed by atoms with Gasteiger partial charge in [-0.3, -0.25) is 4.79 Å². The van der Waals surface area contributed by atoms with E-state index in [9.17, 15) is 4.79 Å². The van der Waals surface area contributed by atoms with Crippen molar-refractivity contribution in [1.29, 1.82) is 0 Å². The van der Waals surface area contributed by atoms with Crippen LogP contribution in [0.2, 0.25) is 10.0 Å². The van der Waals surface area contributed by atoms with Crippen molar-refractivity contribution in [1.82, 2.24) is 0 Å². The summed E-state index contributed by atoms with van der Waals surface area (Å²) >= 11 is 14.5. The lowest BCUT2D eigenvalue weighted by Crippen LogP contribution is -1.88. The number of aliphatic imine (C=N–C) groups is 1. The molecule has 19 heavy (non-hydrogen) atoms. The van der Waals surface area contributed by atoms with Crippen LogP contribution in [0.1, 0.15) is 5.56 Å². The van der Waals surface area contributed by atoms with E-state index in [0.717, 1.165) is 27.5 Å². The van der Waals surface area contributed by atoms with Gasteiger partial charge in [-0.15, -0.1) is 6.58 Å². The summed E-state index contributed by atoms with van der Waals surface area (Å²) in [5.74, 6) is 0.730. The van der Waals surface area contributed by atoms with Crippen LogP contribution in [0.4, 0.5) is 0 Å².